The summed E-state index contributed by atoms with van der Waals surface area (Å²) in [6, 6.07) is 5.06. The van der Waals surface area contributed by atoms with Crippen LogP contribution in [0.4, 0.5) is 18.9 Å². The quantitative estimate of drug-likeness (QED) is 0.501. The number of nitrogens with zero attached hydrogens (tertiary/aromatic N) is 6. The summed E-state index contributed by atoms with van der Waals surface area (Å²) in [7, 11) is 1.77. The van der Waals surface area contributed by atoms with Crippen molar-refractivity contribution in [3.63, 3.8) is 0 Å². The van der Waals surface area contributed by atoms with Gasteiger partial charge in [-0.2, -0.15) is 28.6 Å². The largest absolute Gasteiger partial charge is 0.434 e. The first-order valence-electron chi connectivity index (χ1n) is 9.78. The molecule has 0 aliphatic rings. The Hall–Kier alpha value is -4.20. The molecule has 8 nitrogen and oxygen atoms in total. The number of fused-ring (bicyclic) bond motifs is 1. The zero-order chi connectivity index (χ0) is 24.1. The molecule has 0 atom stereocenters. The predicted molar refractivity (Wildman–Crippen MR) is 114 cm³/mol. The molecule has 0 aliphatic heterocycles. The number of halogens is 3. The van der Waals surface area contributed by atoms with Crippen molar-refractivity contribution in [1.82, 2.24) is 24.5 Å². The van der Waals surface area contributed by atoms with Crippen LogP contribution in [0.3, 0.4) is 0 Å². The van der Waals surface area contributed by atoms with E-state index in [-0.39, 0.29) is 16.8 Å². The fourth-order valence-corrected chi connectivity index (χ4v) is 3.58. The van der Waals surface area contributed by atoms with Gasteiger partial charge in [-0.3, -0.25) is 9.48 Å². The summed E-state index contributed by atoms with van der Waals surface area (Å²) in [5.74, 6) is -0.805. The number of rotatable bonds is 3. The fraction of sp³-hybridized carbons (Fsp3) is 0.227. The Bertz CT molecular complexity index is 1460. The summed E-state index contributed by atoms with van der Waals surface area (Å²) in [4.78, 5) is 16.5. The molecule has 0 aliphatic carbocycles. The molecule has 3 aromatic heterocycles. The highest BCUT2D eigenvalue weighted by Gasteiger charge is 2.38. The van der Waals surface area contributed by atoms with Gasteiger partial charge < -0.3 is 5.32 Å². The molecule has 1 aromatic carbocycles. The molecule has 0 saturated carbocycles. The third kappa shape index (κ3) is 3.80. The van der Waals surface area contributed by atoms with Crippen molar-refractivity contribution < 1.29 is 18.0 Å². The van der Waals surface area contributed by atoms with Gasteiger partial charge >= 0.3 is 6.18 Å². The van der Waals surface area contributed by atoms with E-state index >= 15 is 0 Å². The maximum absolute atomic E-state index is 13.5. The standard InChI is InChI=1S/C22H18F3N7O/c1-11-5-14-8-28-32(15-9-27-31(4)10-15)18(14)6-17(11)29-21(33)19-13(3)12(2)16(7-26)20(30-19)22(23,24)25/h5-6,8-10H,1-4H3,(H,29,33). The van der Waals surface area contributed by atoms with Gasteiger partial charge in [0.1, 0.15) is 17.5 Å². The number of hydrogen-bond acceptors (Lipinski definition) is 5. The number of hydrogen-bond donors (Lipinski definition) is 1. The zero-order valence-corrected chi connectivity index (χ0v) is 18.1. The number of aryl methyl sites for hydroxylation is 2. The zero-order valence-electron chi connectivity index (χ0n) is 18.1. The molecule has 3 heterocycles. The summed E-state index contributed by atoms with van der Waals surface area (Å²) in [6.07, 6.45) is 0.210. The lowest BCUT2D eigenvalue weighted by Crippen LogP contribution is -2.21. The molecular weight excluding hydrogens is 435 g/mol. The number of benzene rings is 1. The van der Waals surface area contributed by atoms with Crippen LogP contribution in [-0.4, -0.2) is 30.5 Å². The highest BCUT2D eigenvalue weighted by molar-refractivity contribution is 6.05. The van der Waals surface area contributed by atoms with Crippen molar-refractivity contribution in [3.8, 4) is 11.8 Å². The van der Waals surface area contributed by atoms with E-state index in [0.29, 0.717) is 22.5 Å². The molecule has 4 aromatic rings. The van der Waals surface area contributed by atoms with E-state index in [4.69, 9.17) is 0 Å². The van der Waals surface area contributed by atoms with Crippen LogP contribution in [0, 0.1) is 32.1 Å². The summed E-state index contributed by atoms with van der Waals surface area (Å²) in [5.41, 5.74) is 0.400. The van der Waals surface area contributed by atoms with Crippen molar-refractivity contribution in [2.24, 2.45) is 7.05 Å². The van der Waals surface area contributed by atoms with Gasteiger partial charge in [0.2, 0.25) is 0 Å². The molecule has 1 amide bonds. The Morgan fingerprint density at radius 3 is 2.45 bits per heavy atom. The number of anilines is 1. The first-order chi connectivity index (χ1) is 15.5. The first-order valence-corrected chi connectivity index (χ1v) is 9.78. The smallest absolute Gasteiger partial charge is 0.320 e. The SMILES string of the molecule is Cc1cc2cnn(-c3cnn(C)c3)c2cc1NC(=O)c1nc(C(F)(F)F)c(C#N)c(C)c1C. The van der Waals surface area contributed by atoms with Gasteiger partial charge in [0.05, 0.1) is 29.7 Å². The molecular formula is C22H18F3N7O. The second-order valence-electron chi connectivity index (χ2n) is 7.65. The van der Waals surface area contributed by atoms with Crippen LogP contribution in [0.15, 0.2) is 30.7 Å². The number of amides is 1. The van der Waals surface area contributed by atoms with Crippen LogP contribution in [0.25, 0.3) is 16.6 Å². The third-order valence-corrected chi connectivity index (χ3v) is 5.45. The summed E-state index contributed by atoms with van der Waals surface area (Å²) in [6.45, 7) is 4.60. The van der Waals surface area contributed by atoms with Crippen molar-refractivity contribution in [2.45, 2.75) is 26.9 Å². The average Bonchev–Trinajstić information content (AvgIpc) is 3.34. The molecule has 11 heteroatoms. The number of carbonyl (C=O) groups is 1. The minimum Gasteiger partial charge on any atom is -0.320 e. The van der Waals surface area contributed by atoms with Crippen molar-refractivity contribution in [3.05, 3.63) is 64.4 Å². The van der Waals surface area contributed by atoms with Crippen molar-refractivity contribution >= 4 is 22.5 Å². The Morgan fingerprint density at radius 2 is 1.85 bits per heavy atom. The molecule has 168 valence electrons. The van der Waals surface area contributed by atoms with Crippen LogP contribution in [0.5, 0.6) is 0 Å². The summed E-state index contributed by atoms with van der Waals surface area (Å²) >= 11 is 0. The van der Waals surface area contributed by atoms with Crippen LogP contribution in [0.2, 0.25) is 0 Å². The van der Waals surface area contributed by atoms with Gasteiger partial charge in [0, 0.05) is 18.1 Å². The van der Waals surface area contributed by atoms with E-state index in [2.05, 4.69) is 20.5 Å². The number of alkyl halides is 3. The van der Waals surface area contributed by atoms with E-state index in [1.165, 1.54) is 13.8 Å². The van der Waals surface area contributed by atoms with Crippen molar-refractivity contribution in [2.75, 3.05) is 5.32 Å². The maximum atomic E-state index is 13.5. The first kappa shape index (κ1) is 22.0. The second-order valence-corrected chi connectivity index (χ2v) is 7.65. The second kappa shape index (κ2) is 7.74. The van der Waals surface area contributed by atoms with Crippen molar-refractivity contribution in [1.29, 1.82) is 5.26 Å². The lowest BCUT2D eigenvalue weighted by molar-refractivity contribution is -0.141. The van der Waals surface area contributed by atoms with Gasteiger partial charge in [-0.25, -0.2) is 9.67 Å². The Kier molecular flexibility index (Phi) is 5.16. The molecule has 0 bridgehead atoms. The Balaban J connectivity index is 1.78. The van der Waals surface area contributed by atoms with E-state index < -0.39 is 23.3 Å². The van der Waals surface area contributed by atoms with Gasteiger partial charge in [-0.1, -0.05) is 0 Å². The Morgan fingerprint density at radius 1 is 1.12 bits per heavy atom. The lowest BCUT2D eigenvalue weighted by atomic mass is 10.00. The summed E-state index contributed by atoms with van der Waals surface area (Å²) in [5, 5.41) is 21.2. The molecule has 4 rings (SSSR count). The number of carbonyl (C=O) groups excluding carboxylic acids is 1. The van der Waals surface area contributed by atoms with Crippen LogP contribution < -0.4 is 5.32 Å². The fourth-order valence-electron chi connectivity index (χ4n) is 3.58. The van der Waals surface area contributed by atoms with E-state index in [0.717, 1.165) is 5.39 Å². The van der Waals surface area contributed by atoms with Crippen LogP contribution >= 0.6 is 0 Å². The third-order valence-electron chi connectivity index (χ3n) is 5.45. The molecule has 0 radical (unpaired) electrons. The average molecular weight is 453 g/mol. The normalized spacial score (nSPS) is 11.6. The molecule has 0 saturated heterocycles. The number of nitrogens with one attached hydrogen (secondary N) is 1. The highest BCUT2D eigenvalue weighted by atomic mass is 19.4. The number of aromatic nitrogens is 5. The van der Waals surface area contributed by atoms with Crippen LogP contribution in [0.1, 0.15) is 38.4 Å². The minimum atomic E-state index is -4.87. The molecule has 1 N–H and O–H groups in total. The molecule has 0 unspecified atom stereocenters. The van der Waals surface area contributed by atoms with Gasteiger partial charge in [-0.15, -0.1) is 0 Å². The molecule has 0 fully saturated rings. The minimum absolute atomic E-state index is 0.0619. The lowest BCUT2D eigenvalue weighted by Gasteiger charge is -2.16. The monoisotopic (exact) mass is 453 g/mol. The predicted octanol–water partition coefficient (Wildman–Crippen LogP) is 4.22. The van der Waals surface area contributed by atoms with Gasteiger partial charge in [0.25, 0.3) is 5.91 Å². The van der Waals surface area contributed by atoms with E-state index in [9.17, 15) is 23.2 Å². The van der Waals surface area contributed by atoms with Crippen LogP contribution in [-0.2, 0) is 13.2 Å². The molecule has 33 heavy (non-hydrogen) atoms. The maximum Gasteiger partial charge on any atom is 0.434 e. The van der Waals surface area contributed by atoms with Gasteiger partial charge in [-0.05, 0) is 49.6 Å². The number of pyridine rings is 1. The van der Waals surface area contributed by atoms with E-state index in [1.807, 2.05) is 6.07 Å². The molecule has 0 spiro atoms. The topological polar surface area (TPSA) is 101 Å². The number of nitriles is 1. The highest BCUT2D eigenvalue weighted by Crippen LogP contribution is 2.34. The van der Waals surface area contributed by atoms with E-state index in [1.54, 1.807) is 54.1 Å². The Labute approximate surface area is 186 Å². The van der Waals surface area contributed by atoms with Gasteiger partial charge in [0.15, 0.2) is 5.69 Å². The summed E-state index contributed by atoms with van der Waals surface area (Å²) < 4.78 is 43.7.